The predicted octanol–water partition coefficient (Wildman–Crippen LogP) is 3.36. The van der Waals surface area contributed by atoms with E-state index in [0.717, 1.165) is 18.7 Å². The van der Waals surface area contributed by atoms with E-state index < -0.39 is 12.1 Å². The number of aromatic nitrogens is 1. The maximum absolute atomic E-state index is 12.9. The molecule has 0 radical (unpaired) electrons. The van der Waals surface area contributed by atoms with Crippen molar-refractivity contribution < 1.29 is 13.2 Å². The average molecular weight is 301 g/mol. The molecule has 21 heavy (non-hydrogen) atoms. The third-order valence-electron chi connectivity index (χ3n) is 3.73. The van der Waals surface area contributed by atoms with Crippen LogP contribution < -0.4 is 10.2 Å². The number of alkyl halides is 3. The average Bonchev–Trinajstić information content (AvgIpc) is 2.47. The molecule has 1 N–H and O–H groups in total. The smallest absolute Gasteiger partial charge is 0.356 e. The maximum atomic E-state index is 12.9. The van der Waals surface area contributed by atoms with Gasteiger partial charge in [-0.25, -0.2) is 4.98 Å². The van der Waals surface area contributed by atoms with Crippen LogP contribution in [-0.2, 0) is 6.54 Å². The van der Waals surface area contributed by atoms with Crippen LogP contribution in [0.5, 0.6) is 0 Å². The van der Waals surface area contributed by atoms with E-state index in [9.17, 15) is 13.2 Å². The SMILES string of the molecule is CCCNCc1cccc(N2CCCC(C(F)(F)F)C2)n1. The second kappa shape index (κ2) is 7.11. The Morgan fingerprint density at radius 3 is 2.90 bits per heavy atom. The monoisotopic (exact) mass is 301 g/mol. The van der Waals surface area contributed by atoms with Gasteiger partial charge in [0.25, 0.3) is 0 Å². The third kappa shape index (κ3) is 4.59. The van der Waals surface area contributed by atoms with Gasteiger partial charge in [-0.3, -0.25) is 0 Å². The molecule has 1 saturated heterocycles. The van der Waals surface area contributed by atoms with E-state index >= 15 is 0 Å². The van der Waals surface area contributed by atoms with Crippen molar-refractivity contribution in [1.82, 2.24) is 10.3 Å². The standard InChI is InChI=1S/C15H22F3N3/c1-2-8-19-10-13-6-3-7-14(20-13)21-9-4-5-12(11-21)15(16,17)18/h3,6-7,12,19H,2,4-5,8-11H2,1H3. The molecule has 3 nitrogen and oxygen atoms in total. The van der Waals surface area contributed by atoms with Gasteiger partial charge >= 0.3 is 6.18 Å². The summed E-state index contributed by atoms with van der Waals surface area (Å²) in [7, 11) is 0. The molecule has 2 heterocycles. The zero-order valence-corrected chi connectivity index (χ0v) is 12.3. The molecule has 0 bridgehead atoms. The van der Waals surface area contributed by atoms with Gasteiger partial charge in [-0.15, -0.1) is 0 Å². The minimum absolute atomic E-state index is 0.0162. The fraction of sp³-hybridized carbons (Fsp3) is 0.667. The number of halogens is 3. The molecule has 1 aliphatic rings. The maximum Gasteiger partial charge on any atom is 0.393 e. The Bertz CT molecular complexity index is 448. The summed E-state index contributed by atoms with van der Waals surface area (Å²) in [5.41, 5.74) is 0.870. The van der Waals surface area contributed by atoms with Gasteiger partial charge in [0.15, 0.2) is 0 Å². The Labute approximate surface area is 123 Å². The first-order chi connectivity index (χ1) is 10.0. The van der Waals surface area contributed by atoms with Crippen molar-refractivity contribution in [3.63, 3.8) is 0 Å². The van der Waals surface area contributed by atoms with E-state index in [1.807, 2.05) is 12.1 Å². The summed E-state index contributed by atoms with van der Waals surface area (Å²) in [6, 6.07) is 5.56. The second-order valence-corrected chi connectivity index (χ2v) is 5.49. The molecule has 1 aliphatic heterocycles. The molecule has 118 valence electrons. The zero-order chi connectivity index (χ0) is 15.3. The van der Waals surface area contributed by atoms with Gasteiger partial charge in [0, 0.05) is 19.6 Å². The van der Waals surface area contributed by atoms with Crippen molar-refractivity contribution in [3.05, 3.63) is 23.9 Å². The zero-order valence-electron chi connectivity index (χ0n) is 12.3. The minimum Gasteiger partial charge on any atom is -0.356 e. The van der Waals surface area contributed by atoms with Crippen LogP contribution in [-0.4, -0.2) is 30.8 Å². The molecular weight excluding hydrogens is 279 g/mol. The Hall–Kier alpha value is -1.30. The topological polar surface area (TPSA) is 28.2 Å². The molecule has 0 amide bonds. The highest BCUT2D eigenvalue weighted by atomic mass is 19.4. The van der Waals surface area contributed by atoms with E-state index in [1.165, 1.54) is 0 Å². The predicted molar refractivity (Wildman–Crippen MR) is 77.2 cm³/mol. The van der Waals surface area contributed by atoms with Crippen LogP contribution in [0.2, 0.25) is 0 Å². The summed E-state index contributed by atoms with van der Waals surface area (Å²) in [6.07, 6.45) is -2.29. The van der Waals surface area contributed by atoms with E-state index in [0.29, 0.717) is 25.3 Å². The van der Waals surface area contributed by atoms with Gasteiger partial charge in [0.1, 0.15) is 5.82 Å². The van der Waals surface area contributed by atoms with E-state index in [-0.39, 0.29) is 13.0 Å². The largest absolute Gasteiger partial charge is 0.393 e. The Kier molecular flexibility index (Phi) is 5.45. The first-order valence-corrected chi connectivity index (χ1v) is 7.49. The Morgan fingerprint density at radius 2 is 2.19 bits per heavy atom. The highest BCUT2D eigenvalue weighted by Gasteiger charge is 2.42. The van der Waals surface area contributed by atoms with Crippen LogP contribution >= 0.6 is 0 Å². The number of nitrogens with one attached hydrogen (secondary N) is 1. The molecule has 0 aromatic carbocycles. The van der Waals surface area contributed by atoms with E-state index in [2.05, 4.69) is 17.2 Å². The lowest BCUT2D eigenvalue weighted by Gasteiger charge is -2.34. The Morgan fingerprint density at radius 1 is 1.38 bits per heavy atom. The minimum atomic E-state index is -4.11. The highest BCUT2D eigenvalue weighted by Crippen LogP contribution is 2.34. The lowest BCUT2D eigenvalue weighted by Crippen LogP contribution is -2.42. The van der Waals surface area contributed by atoms with E-state index in [4.69, 9.17) is 0 Å². The van der Waals surface area contributed by atoms with Gasteiger partial charge in [-0.1, -0.05) is 13.0 Å². The second-order valence-electron chi connectivity index (χ2n) is 5.49. The molecule has 0 aliphatic carbocycles. The van der Waals surface area contributed by atoms with Crippen LogP contribution in [0.15, 0.2) is 18.2 Å². The molecule has 6 heteroatoms. The molecule has 2 rings (SSSR count). The number of anilines is 1. The number of hydrogen-bond acceptors (Lipinski definition) is 3. The Balaban J connectivity index is 2.02. The van der Waals surface area contributed by atoms with Crippen LogP contribution in [0.1, 0.15) is 31.9 Å². The first kappa shape index (κ1) is 16.1. The van der Waals surface area contributed by atoms with Crippen molar-refractivity contribution in [2.75, 3.05) is 24.5 Å². The van der Waals surface area contributed by atoms with Gasteiger partial charge in [-0.05, 0) is 37.9 Å². The first-order valence-electron chi connectivity index (χ1n) is 7.49. The molecule has 1 aromatic heterocycles. The van der Waals surface area contributed by atoms with Gasteiger partial charge in [0.05, 0.1) is 11.6 Å². The number of rotatable bonds is 5. The van der Waals surface area contributed by atoms with Crippen LogP contribution in [0, 0.1) is 5.92 Å². The van der Waals surface area contributed by atoms with Crippen molar-refractivity contribution in [3.8, 4) is 0 Å². The lowest BCUT2D eigenvalue weighted by atomic mass is 9.97. The van der Waals surface area contributed by atoms with Crippen LogP contribution in [0.4, 0.5) is 19.0 Å². The molecule has 1 aromatic rings. The van der Waals surface area contributed by atoms with Gasteiger partial charge < -0.3 is 10.2 Å². The number of nitrogens with zero attached hydrogens (tertiary/aromatic N) is 2. The van der Waals surface area contributed by atoms with Crippen molar-refractivity contribution in [1.29, 1.82) is 0 Å². The molecule has 0 spiro atoms. The third-order valence-corrected chi connectivity index (χ3v) is 3.73. The van der Waals surface area contributed by atoms with Crippen molar-refractivity contribution in [2.24, 2.45) is 5.92 Å². The summed E-state index contributed by atoms with van der Waals surface area (Å²) in [6.45, 7) is 4.31. The molecule has 1 fully saturated rings. The van der Waals surface area contributed by atoms with Crippen molar-refractivity contribution in [2.45, 2.75) is 38.9 Å². The summed E-state index contributed by atoms with van der Waals surface area (Å²) < 4.78 is 38.6. The van der Waals surface area contributed by atoms with Gasteiger partial charge in [-0.2, -0.15) is 13.2 Å². The number of piperidine rings is 1. The van der Waals surface area contributed by atoms with Crippen LogP contribution in [0.3, 0.4) is 0 Å². The fourth-order valence-corrected chi connectivity index (χ4v) is 2.59. The van der Waals surface area contributed by atoms with Crippen molar-refractivity contribution >= 4 is 5.82 Å². The highest BCUT2D eigenvalue weighted by molar-refractivity contribution is 5.40. The molecular formula is C15H22F3N3. The van der Waals surface area contributed by atoms with E-state index in [1.54, 1.807) is 11.0 Å². The molecule has 1 unspecified atom stereocenters. The van der Waals surface area contributed by atoms with Crippen LogP contribution in [0.25, 0.3) is 0 Å². The summed E-state index contributed by atoms with van der Waals surface area (Å²) >= 11 is 0. The van der Waals surface area contributed by atoms with Gasteiger partial charge in [0.2, 0.25) is 0 Å². The normalized spacial score (nSPS) is 19.8. The number of pyridine rings is 1. The molecule has 1 atom stereocenters. The lowest BCUT2D eigenvalue weighted by molar-refractivity contribution is -0.176. The fourth-order valence-electron chi connectivity index (χ4n) is 2.59. The summed E-state index contributed by atoms with van der Waals surface area (Å²) in [5.74, 6) is -0.588. The summed E-state index contributed by atoms with van der Waals surface area (Å²) in [5, 5.41) is 3.25. The quantitative estimate of drug-likeness (QED) is 0.845. The molecule has 0 saturated carbocycles. The number of hydrogen-bond donors (Lipinski definition) is 1. The summed E-state index contributed by atoms with van der Waals surface area (Å²) in [4.78, 5) is 6.24.